The Morgan fingerprint density at radius 2 is 2.00 bits per heavy atom. The van der Waals surface area contributed by atoms with Crippen LogP contribution in [0.25, 0.3) is 10.9 Å². The van der Waals surface area contributed by atoms with Crippen LogP contribution in [0, 0.1) is 10.1 Å². The highest BCUT2D eigenvalue weighted by Gasteiger charge is 2.25. The molecule has 0 bridgehead atoms. The number of fused-ring (bicyclic) bond motifs is 1. The van der Waals surface area contributed by atoms with Crippen molar-refractivity contribution in [3.8, 4) is 11.5 Å². The van der Waals surface area contributed by atoms with Crippen molar-refractivity contribution in [2.24, 2.45) is 5.10 Å². The van der Waals surface area contributed by atoms with Crippen LogP contribution in [0.2, 0.25) is 0 Å². The van der Waals surface area contributed by atoms with Crippen molar-refractivity contribution in [2.45, 2.75) is 33.1 Å². The Kier molecular flexibility index (Phi) is 7.54. The van der Waals surface area contributed by atoms with Gasteiger partial charge in [0.15, 0.2) is 12.4 Å². The fourth-order valence-electron chi connectivity index (χ4n) is 3.23. The Balaban J connectivity index is 2.19. The molecule has 1 heterocycles. The molecule has 1 N–H and O–H groups in total. The van der Waals surface area contributed by atoms with Gasteiger partial charge in [-0.1, -0.05) is 36.7 Å². The average molecular weight is 547 g/mol. The maximum absolute atomic E-state index is 13.3. The number of carboxylic acids is 1. The molecular weight excluding hydrogens is 524 g/mol. The molecule has 0 fully saturated rings. The van der Waals surface area contributed by atoms with Gasteiger partial charge >= 0.3 is 11.7 Å². The van der Waals surface area contributed by atoms with Gasteiger partial charge in [-0.2, -0.15) is 9.78 Å². The van der Waals surface area contributed by atoms with Crippen molar-refractivity contribution in [2.75, 3.05) is 13.2 Å². The van der Waals surface area contributed by atoms with Crippen molar-refractivity contribution < 1.29 is 24.3 Å². The Labute approximate surface area is 208 Å². The van der Waals surface area contributed by atoms with E-state index in [-0.39, 0.29) is 23.7 Å². The van der Waals surface area contributed by atoms with E-state index in [1.54, 1.807) is 25.1 Å². The first-order valence-electron chi connectivity index (χ1n) is 10.5. The zero-order valence-electron chi connectivity index (χ0n) is 19.4. The molecule has 35 heavy (non-hydrogen) atoms. The zero-order chi connectivity index (χ0) is 25.9. The summed E-state index contributed by atoms with van der Waals surface area (Å²) in [6, 6.07) is 7.75. The number of nitro groups is 1. The third-order valence-electron chi connectivity index (χ3n) is 4.70. The SMILES string of the molecule is CCOc1cc(C=Nn2c(C(C)(C)C)nc3ccc(Br)cc3c2=O)cc([N+](=O)[O-])c1OCC(=O)O. The van der Waals surface area contributed by atoms with Crippen LogP contribution in [0.15, 0.2) is 44.7 Å². The minimum Gasteiger partial charge on any atom is -0.490 e. The van der Waals surface area contributed by atoms with Crippen molar-refractivity contribution in [1.82, 2.24) is 9.66 Å². The number of hydrogen-bond donors (Lipinski definition) is 1. The molecule has 2 aromatic carbocycles. The van der Waals surface area contributed by atoms with Crippen molar-refractivity contribution in [3.63, 3.8) is 0 Å². The number of carboxylic acid groups (broad SMARTS) is 1. The molecule has 12 heteroatoms. The maximum atomic E-state index is 13.3. The van der Waals surface area contributed by atoms with Gasteiger partial charge in [0.05, 0.1) is 28.6 Å². The number of nitrogens with zero attached hydrogens (tertiary/aromatic N) is 4. The highest BCUT2D eigenvalue weighted by Crippen LogP contribution is 2.38. The van der Waals surface area contributed by atoms with Gasteiger partial charge in [-0.05, 0) is 31.2 Å². The quantitative estimate of drug-likeness (QED) is 0.252. The molecule has 3 rings (SSSR count). The van der Waals surface area contributed by atoms with Crippen LogP contribution >= 0.6 is 15.9 Å². The summed E-state index contributed by atoms with van der Waals surface area (Å²) in [5.41, 5.74) is -0.692. The second-order valence-corrected chi connectivity index (χ2v) is 9.36. The van der Waals surface area contributed by atoms with Gasteiger partial charge in [-0.15, -0.1) is 0 Å². The van der Waals surface area contributed by atoms with Crippen LogP contribution in [-0.2, 0) is 10.2 Å². The van der Waals surface area contributed by atoms with Gasteiger partial charge in [0.2, 0.25) is 5.75 Å². The predicted octanol–water partition coefficient (Wildman–Crippen LogP) is 4.11. The summed E-state index contributed by atoms with van der Waals surface area (Å²) >= 11 is 3.36. The van der Waals surface area contributed by atoms with E-state index in [1.807, 2.05) is 20.8 Å². The van der Waals surface area contributed by atoms with Crippen LogP contribution in [0.4, 0.5) is 5.69 Å². The second-order valence-electron chi connectivity index (χ2n) is 8.45. The molecule has 0 aliphatic rings. The molecule has 0 atom stereocenters. The first kappa shape index (κ1) is 25.8. The van der Waals surface area contributed by atoms with E-state index in [1.165, 1.54) is 12.3 Å². The lowest BCUT2D eigenvalue weighted by molar-refractivity contribution is -0.385. The lowest BCUT2D eigenvalue weighted by Gasteiger charge is -2.20. The first-order chi connectivity index (χ1) is 16.4. The predicted molar refractivity (Wildman–Crippen MR) is 133 cm³/mol. The van der Waals surface area contributed by atoms with Crippen molar-refractivity contribution in [3.05, 3.63) is 66.7 Å². The van der Waals surface area contributed by atoms with E-state index >= 15 is 0 Å². The molecule has 11 nitrogen and oxygen atoms in total. The zero-order valence-corrected chi connectivity index (χ0v) is 21.0. The minimum absolute atomic E-state index is 0.0200. The number of ether oxygens (including phenoxy) is 2. The smallest absolute Gasteiger partial charge is 0.341 e. The molecule has 184 valence electrons. The minimum atomic E-state index is -1.29. The summed E-state index contributed by atoms with van der Waals surface area (Å²) in [7, 11) is 0. The summed E-state index contributed by atoms with van der Waals surface area (Å²) in [6.45, 7) is 6.70. The van der Waals surface area contributed by atoms with E-state index in [4.69, 9.17) is 14.6 Å². The summed E-state index contributed by atoms with van der Waals surface area (Å²) in [5, 5.41) is 25.2. The van der Waals surface area contributed by atoms with Gasteiger partial charge < -0.3 is 14.6 Å². The second kappa shape index (κ2) is 10.2. The van der Waals surface area contributed by atoms with Crippen LogP contribution < -0.4 is 15.0 Å². The van der Waals surface area contributed by atoms with E-state index in [0.717, 1.165) is 10.7 Å². The topological polar surface area (TPSA) is 146 Å². The van der Waals surface area contributed by atoms with E-state index in [2.05, 4.69) is 26.0 Å². The van der Waals surface area contributed by atoms with Crippen molar-refractivity contribution >= 4 is 44.7 Å². The van der Waals surface area contributed by atoms with Crippen LogP contribution in [0.5, 0.6) is 11.5 Å². The standard InChI is InChI=1S/C23H23BrN4O7/c1-5-34-18-9-13(8-17(28(32)33)20(18)35-12-19(29)30)11-25-27-21(31)15-10-14(24)6-7-16(15)26-22(27)23(2,3)4/h6-11H,5,12H2,1-4H3,(H,29,30). The third-order valence-corrected chi connectivity index (χ3v) is 5.19. The van der Waals surface area contributed by atoms with E-state index in [9.17, 15) is 19.7 Å². The Morgan fingerprint density at radius 1 is 1.29 bits per heavy atom. The summed E-state index contributed by atoms with van der Waals surface area (Å²) in [6.07, 6.45) is 1.28. The number of nitro benzene ring substituents is 1. The highest BCUT2D eigenvalue weighted by atomic mass is 79.9. The molecule has 0 radical (unpaired) electrons. The molecular formula is C23H23BrN4O7. The number of hydrogen-bond acceptors (Lipinski definition) is 8. The summed E-state index contributed by atoms with van der Waals surface area (Å²) < 4.78 is 12.4. The molecule has 0 spiro atoms. The lowest BCUT2D eigenvalue weighted by atomic mass is 9.95. The lowest BCUT2D eigenvalue weighted by Crippen LogP contribution is -2.29. The van der Waals surface area contributed by atoms with Gasteiger partial charge in [0, 0.05) is 21.5 Å². The number of aromatic nitrogens is 2. The third kappa shape index (κ3) is 5.83. The largest absolute Gasteiger partial charge is 0.490 e. The Bertz CT molecular complexity index is 1390. The number of carbonyl (C=O) groups is 1. The molecule has 0 unspecified atom stereocenters. The monoisotopic (exact) mass is 546 g/mol. The normalized spacial score (nSPS) is 11.7. The molecule has 1 aromatic heterocycles. The fourth-order valence-corrected chi connectivity index (χ4v) is 3.59. The van der Waals surface area contributed by atoms with Gasteiger partial charge in [-0.25, -0.2) is 9.78 Å². The van der Waals surface area contributed by atoms with Gasteiger partial charge in [0.25, 0.3) is 5.56 Å². The maximum Gasteiger partial charge on any atom is 0.341 e. The molecule has 3 aromatic rings. The first-order valence-corrected chi connectivity index (χ1v) is 11.3. The van der Waals surface area contributed by atoms with Gasteiger partial charge in [-0.3, -0.25) is 14.9 Å². The summed E-state index contributed by atoms with van der Waals surface area (Å²) in [4.78, 5) is 39.8. The van der Waals surface area contributed by atoms with E-state index < -0.39 is 34.2 Å². The van der Waals surface area contributed by atoms with Crippen LogP contribution in [0.3, 0.4) is 0 Å². The Morgan fingerprint density at radius 3 is 2.60 bits per heavy atom. The number of halogens is 1. The van der Waals surface area contributed by atoms with E-state index in [0.29, 0.717) is 21.2 Å². The van der Waals surface area contributed by atoms with Crippen molar-refractivity contribution in [1.29, 1.82) is 0 Å². The van der Waals surface area contributed by atoms with Crippen LogP contribution in [-0.4, -0.2) is 45.1 Å². The molecule has 0 aliphatic heterocycles. The number of benzene rings is 2. The fraction of sp³-hybridized carbons (Fsp3) is 0.304. The average Bonchev–Trinajstić information content (AvgIpc) is 2.77. The highest BCUT2D eigenvalue weighted by molar-refractivity contribution is 9.10. The molecule has 0 saturated heterocycles. The molecule has 0 saturated carbocycles. The number of rotatable bonds is 8. The Hall–Kier alpha value is -3.80. The number of aliphatic carboxylic acids is 1. The van der Waals surface area contributed by atoms with Gasteiger partial charge in [0.1, 0.15) is 5.82 Å². The molecule has 0 aliphatic carbocycles. The van der Waals surface area contributed by atoms with Crippen LogP contribution in [0.1, 0.15) is 39.1 Å². The molecule has 0 amide bonds. The summed E-state index contributed by atoms with van der Waals surface area (Å²) in [5.74, 6) is -1.22.